The molecule has 0 radical (unpaired) electrons. The standard InChI is InChI=1S/C13H14BrN3O5S2/c1-22-8-4-7(5-9(6-8)23(2,18)19)11-10(14)12(24(3,20)21)17-13(15)16-11/h4-6H,1-3H3,(H2,15,16,17). The van der Waals surface area contributed by atoms with E-state index in [1.165, 1.54) is 25.3 Å². The van der Waals surface area contributed by atoms with E-state index >= 15 is 0 Å². The molecule has 0 aliphatic rings. The van der Waals surface area contributed by atoms with Crippen LogP contribution in [-0.2, 0) is 19.7 Å². The molecule has 0 saturated heterocycles. The highest BCUT2D eigenvalue weighted by Crippen LogP contribution is 2.34. The maximum absolute atomic E-state index is 11.8. The minimum absolute atomic E-state index is 0.00170. The molecule has 2 aromatic rings. The third-order valence-corrected chi connectivity index (χ3v) is 6.11. The first-order valence-corrected chi connectivity index (χ1v) is 10.9. The Bertz CT molecular complexity index is 1020. The van der Waals surface area contributed by atoms with E-state index in [0.717, 1.165) is 12.5 Å². The van der Waals surface area contributed by atoms with E-state index in [0.29, 0.717) is 5.56 Å². The predicted molar refractivity (Wildman–Crippen MR) is 92.4 cm³/mol. The third-order valence-electron chi connectivity index (χ3n) is 3.01. The highest BCUT2D eigenvalue weighted by molar-refractivity contribution is 9.10. The number of sulfone groups is 2. The average Bonchev–Trinajstić information content (AvgIpc) is 2.46. The molecular weight excluding hydrogens is 422 g/mol. The summed E-state index contributed by atoms with van der Waals surface area (Å²) >= 11 is 3.16. The van der Waals surface area contributed by atoms with Crippen LogP contribution in [0.15, 0.2) is 32.6 Å². The van der Waals surface area contributed by atoms with Gasteiger partial charge in [-0.25, -0.2) is 26.8 Å². The number of hydrogen-bond donors (Lipinski definition) is 1. The fourth-order valence-corrected chi connectivity index (χ4v) is 4.56. The van der Waals surface area contributed by atoms with Crippen molar-refractivity contribution >= 4 is 41.6 Å². The topological polar surface area (TPSA) is 129 Å². The number of halogens is 1. The van der Waals surface area contributed by atoms with Crippen molar-refractivity contribution in [1.29, 1.82) is 0 Å². The van der Waals surface area contributed by atoms with Gasteiger partial charge in [-0.1, -0.05) is 0 Å². The number of benzene rings is 1. The van der Waals surface area contributed by atoms with Crippen molar-refractivity contribution in [2.24, 2.45) is 0 Å². The monoisotopic (exact) mass is 435 g/mol. The van der Waals surface area contributed by atoms with Crippen LogP contribution < -0.4 is 10.5 Å². The van der Waals surface area contributed by atoms with Gasteiger partial charge >= 0.3 is 0 Å². The Morgan fingerprint density at radius 3 is 2.17 bits per heavy atom. The molecule has 0 fully saturated rings. The first kappa shape index (κ1) is 18.6. The maximum Gasteiger partial charge on any atom is 0.221 e. The van der Waals surface area contributed by atoms with E-state index in [1.54, 1.807) is 0 Å². The highest BCUT2D eigenvalue weighted by atomic mass is 79.9. The van der Waals surface area contributed by atoms with Crippen LogP contribution in [0.5, 0.6) is 5.75 Å². The molecule has 8 nitrogen and oxygen atoms in total. The van der Waals surface area contributed by atoms with E-state index < -0.39 is 19.7 Å². The number of rotatable bonds is 4. The molecule has 0 spiro atoms. The predicted octanol–water partition coefficient (Wildman–Crippen LogP) is 1.30. The van der Waals surface area contributed by atoms with E-state index in [4.69, 9.17) is 10.5 Å². The minimum Gasteiger partial charge on any atom is -0.497 e. The summed E-state index contributed by atoms with van der Waals surface area (Å²) in [5, 5.41) is -0.284. The second-order valence-corrected chi connectivity index (χ2v) is 9.73. The van der Waals surface area contributed by atoms with Gasteiger partial charge in [-0.3, -0.25) is 0 Å². The van der Waals surface area contributed by atoms with E-state index in [2.05, 4.69) is 25.9 Å². The molecule has 0 aliphatic carbocycles. The van der Waals surface area contributed by atoms with Crippen molar-refractivity contribution in [1.82, 2.24) is 9.97 Å². The van der Waals surface area contributed by atoms with Gasteiger partial charge in [0.2, 0.25) is 5.95 Å². The Labute approximate surface area is 148 Å². The molecule has 11 heteroatoms. The van der Waals surface area contributed by atoms with Crippen molar-refractivity contribution in [3.63, 3.8) is 0 Å². The molecule has 1 heterocycles. The van der Waals surface area contributed by atoms with Crippen LogP contribution in [0, 0.1) is 0 Å². The zero-order valence-corrected chi connectivity index (χ0v) is 16.2. The zero-order valence-electron chi connectivity index (χ0n) is 12.9. The number of anilines is 1. The summed E-state index contributed by atoms with van der Waals surface area (Å²) in [6.45, 7) is 0. The number of aromatic nitrogens is 2. The molecule has 0 amide bonds. The first-order valence-electron chi connectivity index (χ1n) is 6.36. The SMILES string of the molecule is COc1cc(-c2nc(N)nc(S(C)(=O)=O)c2Br)cc(S(C)(=O)=O)c1. The summed E-state index contributed by atoms with van der Waals surface area (Å²) in [7, 11) is -5.80. The summed E-state index contributed by atoms with van der Waals surface area (Å²) < 4.78 is 52.6. The lowest BCUT2D eigenvalue weighted by Crippen LogP contribution is -2.08. The van der Waals surface area contributed by atoms with Crippen molar-refractivity contribution in [2.45, 2.75) is 9.92 Å². The molecule has 0 unspecified atom stereocenters. The minimum atomic E-state index is -3.67. The lowest BCUT2D eigenvalue weighted by molar-refractivity contribution is 0.413. The molecule has 2 rings (SSSR count). The maximum atomic E-state index is 11.8. The number of nitrogen functional groups attached to an aromatic ring is 1. The Hall–Kier alpha value is -1.72. The normalized spacial score (nSPS) is 12.2. The van der Waals surface area contributed by atoms with Gasteiger partial charge in [0.25, 0.3) is 0 Å². The van der Waals surface area contributed by atoms with E-state index in [9.17, 15) is 16.8 Å². The van der Waals surface area contributed by atoms with Crippen LogP contribution in [0.1, 0.15) is 0 Å². The molecule has 1 aromatic heterocycles. The van der Waals surface area contributed by atoms with Gasteiger partial charge in [0, 0.05) is 18.1 Å². The molecule has 0 bridgehead atoms. The van der Waals surface area contributed by atoms with Gasteiger partial charge in [-0.15, -0.1) is 0 Å². The van der Waals surface area contributed by atoms with Gasteiger partial charge in [0.1, 0.15) is 5.75 Å². The van der Waals surface area contributed by atoms with Crippen LogP contribution in [-0.4, -0.2) is 46.4 Å². The van der Waals surface area contributed by atoms with Crippen LogP contribution in [0.4, 0.5) is 5.95 Å². The summed E-state index contributed by atoms with van der Waals surface area (Å²) in [6.07, 6.45) is 2.04. The Morgan fingerprint density at radius 2 is 1.67 bits per heavy atom. The average molecular weight is 436 g/mol. The Morgan fingerprint density at radius 1 is 1.04 bits per heavy atom. The molecule has 1 aromatic carbocycles. The van der Waals surface area contributed by atoms with Crippen LogP contribution >= 0.6 is 15.9 Å². The summed E-state index contributed by atoms with van der Waals surface area (Å²) in [6, 6.07) is 4.23. The number of ether oxygens (including phenoxy) is 1. The lowest BCUT2D eigenvalue weighted by Gasteiger charge is -2.11. The van der Waals surface area contributed by atoms with Crippen LogP contribution in [0.25, 0.3) is 11.3 Å². The van der Waals surface area contributed by atoms with Gasteiger partial charge < -0.3 is 10.5 Å². The largest absolute Gasteiger partial charge is 0.497 e. The lowest BCUT2D eigenvalue weighted by atomic mass is 10.1. The Balaban J connectivity index is 2.85. The smallest absolute Gasteiger partial charge is 0.221 e. The second-order valence-electron chi connectivity index (χ2n) is 4.99. The van der Waals surface area contributed by atoms with Crippen LogP contribution in [0.2, 0.25) is 0 Å². The molecule has 130 valence electrons. The number of hydrogen-bond acceptors (Lipinski definition) is 8. The van der Waals surface area contributed by atoms with Crippen molar-refractivity contribution in [3.8, 4) is 17.0 Å². The van der Waals surface area contributed by atoms with E-state index in [-0.39, 0.29) is 31.8 Å². The molecule has 0 saturated carbocycles. The number of nitrogens with two attached hydrogens (primary N) is 1. The van der Waals surface area contributed by atoms with Gasteiger partial charge in [0.15, 0.2) is 24.7 Å². The summed E-state index contributed by atoms with van der Waals surface area (Å²) in [4.78, 5) is 7.75. The number of nitrogens with zero attached hydrogens (tertiary/aromatic N) is 2. The summed E-state index contributed by atoms with van der Waals surface area (Å²) in [5.41, 5.74) is 6.06. The number of methoxy groups -OCH3 is 1. The second kappa shape index (κ2) is 6.30. The highest BCUT2D eigenvalue weighted by Gasteiger charge is 2.22. The van der Waals surface area contributed by atoms with Crippen molar-refractivity contribution < 1.29 is 21.6 Å². The summed E-state index contributed by atoms with van der Waals surface area (Å²) in [5.74, 6) is 0.0234. The fourth-order valence-electron chi connectivity index (χ4n) is 1.92. The van der Waals surface area contributed by atoms with E-state index in [1.807, 2.05) is 0 Å². The quantitative estimate of drug-likeness (QED) is 0.711. The first-order chi connectivity index (χ1) is 10.9. The fraction of sp³-hybridized carbons (Fsp3) is 0.231. The Kier molecular flexibility index (Phi) is 4.88. The zero-order chi connectivity index (χ0) is 18.3. The molecule has 24 heavy (non-hydrogen) atoms. The molecule has 0 atom stereocenters. The van der Waals surface area contributed by atoms with Gasteiger partial charge in [-0.05, 0) is 34.1 Å². The van der Waals surface area contributed by atoms with Gasteiger partial charge in [0.05, 0.1) is 22.2 Å². The van der Waals surface area contributed by atoms with Crippen molar-refractivity contribution in [2.75, 3.05) is 25.4 Å². The van der Waals surface area contributed by atoms with Gasteiger partial charge in [-0.2, -0.15) is 0 Å². The van der Waals surface area contributed by atoms with Crippen LogP contribution in [0.3, 0.4) is 0 Å². The molecular formula is C13H14BrN3O5S2. The third kappa shape index (κ3) is 3.84. The molecule has 0 aliphatic heterocycles. The molecule has 2 N–H and O–H groups in total. The van der Waals surface area contributed by atoms with Crippen molar-refractivity contribution in [3.05, 3.63) is 22.7 Å².